The van der Waals surface area contributed by atoms with Crippen LogP contribution in [0.15, 0.2) is 30.3 Å². The van der Waals surface area contributed by atoms with Crippen molar-refractivity contribution in [3.63, 3.8) is 0 Å². The number of carbonyl (C=O) groups excluding carboxylic acids is 1. The molecule has 3 N–H and O–H groups in total. The van der Waals surface area contributed by atoms with Gasteiger partial charge >= 0.3 is 0 Å². The number of nitrogens with two attached hydrogens (primary N) is 1. The molecule has 8 nitrogen and oxygen atoms in total. The van der Waals surface area contributed by atoms with Crippen LogP contribution in [0.5, 0.6) is 17.2 Å². The van der Waals surface area contributed by atoms with E-state index in [9.17, 15) is 4.79 Å². The van der Waals surface area contributed by atoms with E-state index < -0.39 is 0 Å². The maximum atomic E-state index is 13.0. The van der Waals surface area contributed by atoms with Crippen molar-refractivity contribution in [1.82, 2.24) is 4.90 Å². The van der Waals surface area contributed by atoms with Crippen LogP contribution in [-0.2, 0) is 0 Å². The Morgan fingerprint density at radius 3 is 2.14 bits per heavy atom. The zero-order valence-corrected chi connectivity index (χ0v) is 17.3. The molecule has 0 atom stereocenters. The van der Waals surface area contributed by atoms with Crippen LogP contribution >= 0.6 is 0 Å². The fourth-order valence-corrected chi connectivity index (χ4v) is 3.38. The Kier molecular flexibility index (Phi) is 6.33. The van der Waals surface area contributed by atoms with Crippen LogP contribution in [-0.4, -0.2) is 65.4 Å². The Balaban J connectivity index is 1.90. The number of ether oxygens (including phenoxy) is 3. The van der Waals surface area contributed by atoms with E-state index in [-0.39, 0.29) is 5.91 Å². The van der Waals surface area contributed by atoms with Crippen molar-refractivity contribution in [2.24, 2.45) is 0 Å². The first-order valence-electron chi connectivity index (χ1n) is 9.41. The van der Waals surface area contributed by atoms with E-state index in [4.69, 9.17) is 19.9 Å². The minimum absolute atomic E-state index is 0.287. The quantitative estimate of drug-likeness (QED) is 0.719. The van der Waals surface area contributed by atoms with Crippen molar-refractivity contribution in [1.29, 1.82) is 0 Å². The van der Waals surface area contributed by atoms with Crippen molar-refractivity contribution in [3.05, 3.63) is 35.9 Å². The van der Waals surface area contributed by atoms with Gasteiger partial charge in [-0.25, -0.2) is 0 Å². The molecule has 2 aromatic carbocycles. The van der Waals surface area contributed by atoms with Crippen LogP contribution in [0.2, 0.25) is 0 Å². The van der Waals surface area contributed by atoms with Crippen molar-refractivity contribution < 1.29 is 19.0 Å². The Labute approximate surface area is 171 Å². The number of rotatable bonds is 6. The minimum atomic E-state index is -0.287. The van der Waals surface area contributed by atoms with Crippen LogP contribution in [0, 0.1) is 0 Å². The fraction of sp³-hybridized carbons (Fsp3) is 0.381. The number of nitrogen functional groups attached to an aromatic ring is 1. The van der Waals surface area contributed by atoms with Crippen molar-refractivity contribution in [2.75, 3.05) is 70.5 Å². The second kappa shape index (κ2) is 8.91. The fourth-order valence-electron chi connectivity index (χ4n) is 3.38. The zero-order valence-electron chi connectivity index (χ0n) is 17.3. The third-order valence-electron chi connectivity index (χ3n) is 5.04. The number of hydrogen-bond acceptors (Lipinski definition) is 7. The maximum absolute atomic E-state index is 13.0. The molecule has 1 saturated heterocycles. The topological polar surface area (TPSA) is 89.3 Å². The predicted octanol–water partition coefficient (Wildman–Crippen LogP) is 2.30. The molecule has 1 fully saturated rings. The van der Waals surface area contributed by atoms with Gasteiger partial charge in [-0.3, -0.25) is 4.79 Å². The number of benzene rings is 2. The summed E-state index contributed by atoms with van der Waals surface area (Å²) >= 11 is 0. The third kappa shape index (κ3) is 4.48. The van der Waals surface area contributed by atoms with Gasteiger partial charge in [0.1, 0.15) is 0 Å². The van der Waals surface area contributed by atoms with Crippen LogP contribution in [0.25, 0.3) is 0 Å². The Morgan fingerprint density at radius 2 is 1.59 bits per heavy atom. The van der Waals surface area contributed by atoms with E-state index >= 15 is 0 Å². The van der Waals surface area contributed by atoms with E-state index in [1.54, 1.807) is 18.2 Å². The number of methoxy groups -OCH3 is 3. The van der Waals surface area contributed by atoms with Gasteiger partial charge in [0.2, 0.25) is 5.75 Å². The van der Waals surface area contributed by atoms with Crippen molar-refractivity contribution in [2.45, 2.75) is 0 Å². The van der Waals surface area contributed by atoms with Crippen LogP contribution < -0.4 is 30.2 Å². The summed E-state index contributed by atoms with van der Waals surface area (Å²) in [5, 5.41) is 2.99. The SMILES string of the molecule is COc1cc(C(=O)Nc2cc(N)ccc2N2CCN(C)CC2)cc(OC)c1OC. The molecule has 1 aliphatic rings. The van der Waals surface area contributed by atoms with Gasteiger partial charge in [-0.2, -0.15) is 0 Å². The van der Waals surface area contributed by atoms with E-state index in [0.717, 1.165) is 31.9 Å². The van der Waals surface area contributed by atoms with Crippen molar-refractivity contribution >= 4 is 23.0 Å². The van der Waals surface area contributed by atoms with Gasteiger partial charge in [-0.1, -0.05) is 0 Å². The Bertz CT molecular complexity index is 854. The lowest BCUT2D eigenvalue weighted by molar-refractivity contribution is 0.102. The number of anilines is 3. The first kappa shape index (κ1) is 20.6. The van der Waals surface area contributed by atoms with Gasteiger partial charge in [0.05, 0.1) is 32.7 Å². The smallest absolute Gasteiger partial charge is 0.255 e. The number of nitrogens with zero attached hydrogens (tertiary/aromatic N) is 2. The molecule has 0 unspecified atom stereocenters. The minimum Gasteiger partial charge on any atom is -0.493 e. The highest BCUT2D eigenvalue weighted by Crippen LogP contribution is 2.38. The normalized spacial score (nSPS) is 14.4. The van der Waals surface area contributed by atoms with E-state index in [1.807, 2.05) is 12.1 Å². The van der Waals surface area contributed by atoms with Crippen LogP contribution in [0.4, 0.5) is 17.1 Å². The summed E-state index contributed by atoms with van der Waals surface area (Å²) in [6.45, 7) is 3.69. The molecule has 0 bridgehead atoms. The third-order valence-corrected chi connectivity index (χ3v) is 5.04. The van der Waals surface area contributed by atoms with Crippen LogP contribution in [0.3, 0.4) is 0 Å². The van der Waals surface area contributed by atoms with Gasteiger partial charge in [0.25, 0.3) is 5.91 Å². The Morgan fingerprint density at radius 1 is 0.966 bits per heavy atom. The molecular formula is C21H28N4O4. The van der Waals surface area contributed by atoms with E-state index in [2.05, 4.69) is 22.2 Å². The lowest BCUT2D eigenvalue weighted by Crippen LogP contribution is -2.44. The summed E-state index contributed by atoms with van der Waals surface area (Å²) in [6, 6.07) is 8.83. The average Bonchev–Trinajstić information content (AvgIpc) is 2.73. The number of piperazine rings is 1. The molecule has 0 aromatic heterocycles. The average molecular weight is 400 g/mol. The summed E-state index contributed by atoms with van der Waals surface area (Å²) in [5.41, 5.74) is 8.60. The zero-order chi connectivity index (χ0) is 21.0. The number of amides is 1. The summed E-state index contributed by atoms with van der Waals surface area (Å²) in [7, 11) is 6.66. The lowest BCUT2D eigenvalue weighted by Gasteiger charge is -2.35. The second-order valence-electron chi connectivity index (χ2n) is 6.94. The summed E-state index contributed by atoms with van der Waals surface area (Å²) in [5.74, 6) is 0.992. The molecule has 0 radical (unpaired) electrons. The van der Waals surface area contributed by atoms with Crippen molar-refractivity contribution in [3.8, 4) is 17.2 Å². The van der Waals surface area contributed by atoms with Gasteiger partial charge in [0.15, 0.2) is 11.5 Å². The molecule has 2 aromatic rings. The maximum Gasteiger partial charge on any atom is 0.255 e. The van der Waals surface area contributed by atoms with Crippen LogP contribution in [0.1, 0.15) is 10.4 Å². The monoisotopic (exact) mass is 400 g/mol. The molecular weight excluding hydrogens is 372 g/mol. The van der Waals surface area contributed by atoms with E-state index in [1.165, 1.54) is 21.3 Å². The summed E-state index contributed by atoms with van der Waals surface area (Å²) in [6.07, 6.45) is 0. The number of carbonyl (C=O) groups is 1. The molecule has 3 rings (SSSR count). The standard InChI is InChI=1S/C21H28N4O4/c1-24-7-9-25(10-8-24)17-6-5-15(22)13-16(17)23-21(26)14-11-18(27-2)20(29-4)19(12-14)28-3/h5-6,11-13H,7-10,22H2,1-4H3,(H,23,26). The molecule has 156 valence electrons. The molecule has 0 saturated carbocycles. The number of hydrogen-bond donors (Lipinski definition) is 2. The second-order valence-corrected chi connectivity index (χ2v) is 6.94. The molecule has 1 aliphatic heterocycles. The largest absolute Gasteiger partial charge is 0.493 e. The lowest BCUT2D eigenvalue weighted by atomic mass is 10.1. The Hall–Kier alpha value is -3.13. The van der Waals surface area contributed by atoms with Gasteiger partial charge in [-0.15, -0.1) is 0 Å². The van der Waals surface area contributed by atoms with Gasteiger partial charge in [0, 0.05) is 37.4 Å². The molecule has 1 heterocycles. The molecule has 1 amide bonds. The first-order chi connectivity index (χ1) is 14.0. The highest BCUT2D eigenvalue weighted by atomic mass is 16.5. The van der Waals surface area contributed by atoms with Gasteiger partial charge in [-0.05, 0) is 37.4 Å². The summed E-state index contributed by atoms with van der Waals surface area (Å²) < 4.78 is 16.0. The molecule has 8 heteroatoms. The highest BCUT2D eigenvalue weighted by Gasteiger charge is 2.21. The predicted molar refractivity (Wildman–Crippen MR) is 115 cm³/mol. The highest BCUT2D eigenvalue weighted by molar-refractivity contribution is 6.07. The molecule has 29 heavy (non-hydrogen) atoms. The summed E-state index contributed by atoms with van der Waals surface area (Å²) in [4.78, 5) is 17.6. The number of nitrogens with one attached hydrogen (secondary N) is 1. The van der Waals surface area contributed by atoms with E-state index in [0.29, 0.717) is 34.2 Å². The number of likely N-dealkylation sites (N-methyl/N-ethyl adjacent to an activating group) is 1. The first-order valence-corrected chi connectivity index (χ1v) is 9.41. The molecule has 0 spiro atoms. The molecule has 0 aliphatic carbocycles. The van der Waals surface area contributed by atoms with Gasteiger partial charge < -0.3 is 35.1 Å².